The molecule has 7 heteroatoms. The molecule has 0 aromatic heterocycles. The van der Waals surface area contributed by atoms with E-state index < -0.39 is 35.5 Å². The number of halogens is 4. The number of rotatable bonds is 2. The quantitative estimate of drug-likeness (QED) is 0.851. The lowest BCUT2D eigenvalue weighted by Gasteiger charge is -2.26. The summed E-state index contributed by atoms with van der Waals surface area (Å²) in [5, 5.41) is 9.00. The molecule has 0 aliphatic carbocycles. The Morgan fingerprint density at radius 1 is 1.40 bits per heavy atom. The Hall–Kier alpha value is -1.79. The van der Waals surface area contributed by atoms with E-state index in [4.69, 9.17) is 5.11 Å². The molecule has 110 valence electrons. The normalized spacial score (nSPS) is 23.1. The second-order valence-electron chi connectivity index (χ2n) is 4.83. The van der Waals surface area contributed by atoms with Crippen molar-refractivity contribution in [3.63, 3.8) is 0 Å². The number of carbonyl (C=O) groups is 1. The number of nitrogens with zero attached hydrogens (tertiary/aromatic N) is 1. The van der Waals surface area contributed by atoms with Crippen LogP contribution in [0.1, 0.15) is 18.9 Å². The Morgan fingerprint density at radius 3 is 2.50 bits per heavy atom. The number of carboxylic acids is 1. The van der Waals surface area contributed by atoms with Gasteiger partial charge in [0.2, 0.25) is 0 Å². The van der Waals surface area contributed by atoms with Gasteiger partial charge in [-0.25, -0.2) is 4.39 Å². The number of hydrogen-bond acceptors (Lipinski definition) is 2. The monoisotopic (exact) mass is 291 g/mol. The van der Waals surface area contributed by atoms with E-state index >= 15 is 0 Å². The Morgan fingerprint density at radius 2 is 2.05 bits per heavy atom. The lowest BCUT2D eigenvalue weighted by atomic mass is 10.0. The first-order chi connectivity index (χ1) is 9.21. The first-order valence-electron chi connectivity index (χ1n) is 6.08. The fourth-order valence-corrected chi connectivity index (χ4v) is 2.53. The van der Waals surface area contributed by atoms with Gasteiger partial charge in [0.25, 0.3) is 0 Å². The predicted octanol–water partition coefficient (Wildman–Crippen LogP) is 3.14. The minimum Gasteiger partial charge on any atom is -0.481 e. The third-order valence-corrected chi connectivity index (χ3v) is 3.66. The van der Waals surface area contributed by atoms with Gasteiger partial charge < -0.3 is 10.0 Å². The molecule has 0 bridgehead atoms. The smallest absolute Gasteiger partial charge is 0.416 e. The van der Waals surface area contributed by atoms with Crippen LogP contribution in [0, 0.1) is 11.7 Å². The van der Waals surface area contributed by atoms with Crippen molar-refractivity contribution in [1.82, 2.24) is 0 Å². The zero-order valence-electron chi connectivity index (χ0n) is 10.6. The van der Waals surface area contributed by atoms with E-state index in [1.165, 1.54) is 4.90 Å². The van der Waals surface area contributed by atoms with Crippen molar-refractivity contribution in [2.75, 3.05) is 11.4 Å². The van der Waals surface area contributed by atoms with E-state index in [-0.39, 0.29) is 5.69 Å². The molecule has 1 aliphatic rings. The van der Waals surface area contributed by atoms with Crippen molar-refractivity contribution in [3.8, 4) is 0 Å². The second-order valence-corrected chi connectivity index (χ2v) is 4.83. The first kappa shape index (κ1) is 14.6. The van der Waals surface area contributed by atoms with Crippen LogP contribution in [0.25, 0.3) is 0 Å². The fourth-order valence-electron chi connectivity index (χ4n) is 2.53. The average molecular weight is 291 g/mol. The Bertz CT molecular complexity index is 530. The van der Waals surface area contributed by atoms with Crippen LogP contribution in [0.15, 0.2) is 18.2 Å². The van der Waals surface area contributed by atoms with Gasteiger partial charge in [-0.2, -0.15) is 13.2 Å². The molecule has 2 rings (SSSR count). The standard InChI is InChI=1S/C13H13F4NO2/c1-7-9(12(19)20)4-5-18(7)11-3-2-8(6-10(11)14)13(15,16)17/h2-3,6-7,9H,4-5H2,1H3,(H,19,20). The van der Waals surface area contributed by atoms with Gasteiger partial charge in [-0.15, -0.1) is 0 Å². The molecule has 0 saturated carbocycles. The van der Waals surface area contributed by atoms with E-state index in [0.29, 0.717) is 19.0 Å². The summed E-state index contributed by atoms with van der Waals surface area (Å²) in [6, 6.07) is 1.84. The summed E-state index contributed by atoms with van der Waals surface area (Å²) in [5.74, 6) is -2.61. The number of benzene rings is 1. The molecule has 1 N–H and O–H groups in total. The molecule has 20 heavy (non-hydrogen) atoms. The highest BCUT2D eigenvalue weighted by atomic mass is 19.4. The number of carboxylic acid groups (broad SMARTS) is 1. The number of alkyl halides is 3. The number of anilines is 1. The van der Waals surface area contributed by atoms with Crippen LogP contribution in [0.2, 0.25) is 0 Å². The highest BCUT2D eigenvalue weighted by Crippen LogP contribution is 2.35. The van der Waals surface area contributed by atoms with Crippen LogP contribution in [0.5, 0.6) is 0 Å². The lowest BCUT2D eigenvalue weighted by molar-refractivity contribution is -0.141. The van der Waals surface area contributed by atoms with E-state index in [0.717, 1.165) is 12.1 Å². The average Bonchev–Trinajstić information content (AvgIpc) is 2.70. The predicted molar refractivity (Wildman–Crippen MR) is 64.0 cm³/mol. The van der Waals surface area contributed by atoms with Gasteiger partial charge in [0, 0.05) is 12.6 Å². The van der Waals surface area contributed by atoms with Crippen molar-refractivity contribution < 1.29 is 27.5 Å². The van der Waals surface area contributed by atoms with Gasteiger partial charge in [-0.1, -0.05) is 0 Å². The summed E-state index contributed by atoms with van der Waals surface area (Å²) < 4.78 is 51.2. The zero-order valence-corrected chi connectivity index (χ0v) is 10.6. The molecule has 2 unspecified atom stereocenters. The molecule has 1 heterocycles. The van der Waals surface area contributed by atoms with E-state index in [1.54, 1.807) is 6.92 Å². The minimum atomic E-state index is -4.60. The Balaban J connectivity index is 2.29. The van der Waals surface area contributed by atoms with Crippen molar-refractivity contribution in [2.24, 2.45) is 5.92 Å². The van der Waals surface area contributed by atoms with Gasteiger partial charge >= 0.3 is 12.1 Å². The van der Waals surface area contributed by atoms with Crippen molar-refractivity contribution >= 4 is 11.7 Å². The SMILES string of the molecule is CC1C(C(=O)O)CCN1c1ccc(C(F)(F)F)cc1F. The molecule has 3 nitrogen and oxygen atoms in total. The molecule has 0 radical (unpaired) electrons. The molecular formula is C13H13F4NO2. The van der Waals surface area contributed by atoms with Crippen LogP contribution in [0.4, 0.5) is 23.2 Å². The molecule has 1 saturated heterocycles. The van der Waals surface area contributed by atoms with Crippen molar-refractivity contribution in [1.29, 1.82) is 0 Å². The maximum atomic E-state index is 13.8. The summed E-state index contributed by atoms with van der Waals surface area (Å²) in [7, 11) is 0. The van der Waals surface area contributed by atoms with Gasteiger partial charge in [0.1, 0.15) is 5.82 Å². The fraction of sp³-hybridized carbons (Fsp3) is 0.462. The lowest BCUT2D eigenvalue weighted by Crippen LogP contribution is -2.33. The van der Waals surface area contributed by atoms with Gasteiger partial charge in [0.15, 0.2) is 0 Å². The van der Waals surface area contributed by atoms with Crippen LogP contribution < -0.4 is 4.90 Å². The molecule has 1 aromatic carbocycles. The molecule has 1 aromatic rings. The third-order valence-electron chi connectivity index (χ3n) is 3.66. The van der Waals surface area contributed by atoms with E-state index in [9.17, 15) is 22.4 Å². The molecule has 1 aliphatic heterocycles. The van der Waals surface area contributed by atoms with Crippen LogP contribution >= 0.6 is 0 Å². The third kappa shape index (κ3) is 2.57. The Kier molecular flexibility index (Phi) is 3.62. The van der Waals surface area contributed by atoms with Crippen LogP contribution in [-0.4, -0.2) is 23.7 Å². The Labute approximate surface area is 112 Å². The van der Waals surface area contributed by atoms with Crippen molar-refractivity contribution in [2.45, 2.75) is 25.6 Å². The van der Waals surface area contributed by atoms with Gasteiger partial charge in [-0.05, 0) is 31.5 Å². The topological polar surface area (TPSA) is 40.5 Å². The highest BCUT2D eigenvalue weighted by Gasteiger charge is 2.37. The highest BCUT2D eigenvalue weighted by molar-refractivity contribution is 5.73. The molecule has 2 atom stereocenters. The summed E-state index contributed by atoms with van der Waals surface area (Å²) in [6.07, 6.45) is -4.25. The molecule has 0 spiro atoms. The molecular weight excluding hydrogens is 278 g/mol. The van der Waals surface area contributed by atoms with E-state index in [2.05, 4.69) is 0 Å². The molecule has 1 fully saturated rings. The van der Waals surface area contributed by atoms with Crippen LogP contribution in [0.3, 0.4) is 0 Å². The second kappa shape index (κ2) is 4.96. The summed E-state index contributed by atoms with van der Waals surface area (Å²) in [6.45, 7) is 1.93. The molecule has 0 amide bonds. The van der Waals surface area contributed by atoms with Crippen molar-refractivity contribution in [3.05, 3.63) is 29.6 Å². The minimum absolute atomic E-state index is 0.00856. The summed E-state index contributed by atoms with van der Waals surface area (Å²) in [4.78, 5) is 12.5. The van der Waals surface area contributed by atoms with Gasteiger partial charge in [-0.3, -0.25) is 4.79 Å². The number of aliphatic carboxylic acids is 1. The summed E-state index contributed by atoms with van der Waals surface area (Å²) >= 11 is 0. The zero-order chi connectivity index (χ0) is 15.1. The van der Waals surface area contributed by atoms with E-state index in [1.807, 2.05) is 0 Å². The largest absolute Gasteiger partial charge is 0.481 e. The summed E-state index contributed by atoms with van der Waals surface area (Å²) in [5.41, 5.74) is -1.05. The van der Waals surface area contributed by atoms with Crippen LogP contribution in [-0.2, 0) is 11.0 Å². The maximum Gasteiger partial charge on any atom is 0.416 e. The maximum absolute atomic E-state index is 13.8. The number of hydrogen-bond donors (Lipinski definition) is 1. The van der Waals surface area contributed by atoms with Gasteiger partial charge in [0.05, 0.1) is 17.2 Å². The first-order valence-corrected chi connectivity index (χ1v) is 6.08.